The number of fused-ring (bicyclic) bond motifs is 1. The van der Waals surface area contributed by atoms with E-state index < -0.39 is 10.8 Å². The molecule has 0 bridgehead atoms. The minimum atomic E-state index is -0.509. The number of thiazole rings is 1. The van der Waals surface area contributed by atoms with Crippen LogP contribution in [0.1, 0.15) is 16.1 Å². The van der Waals surface area contributed by atoms with Crippen molar-refractivity contribution in [2.24, 2.45) is 0 Å². The maximum Gasteiger partial charge on any atom is 0.275 e. The van der Waals surface area contributed by atoms with Crippen LogP contribution >= 0.6 is 11.3 Å². The van der Waals surface area contributed by atoms with Crippen LogP contribution in [0.2, 0.25) is 0 Å². The molecular formula is C18H14N4O5S. The highest BCUT2D eigenvalue weighted by Gasteiger charge is 2.16. The van der Waals surface area contributed by atoms with Crippen LogP contribution in [0.4, 0.5) is 22.2 Å². The third-order valence-corrected chi connectivity index (χ3v) is 4.80. The summed E-state index contributed by atoms with van der Waals surface area (Å²) in [5.74, 6) is 0.872. The van der Waals surface area contributed by atoms with Gasteiger partial charge in [0.25, 0.3) is 11.6 Å². The molecule has 2 heterocycles. The second kappa shape index (κ2) is 7.16. The predicted octanol–water partition coefficient (Wildman–Crippen LogP) is 4.08. The number of nitro benzene ring substituents is 1. The Kier molecular flexibility index (Phi) is 4.53. The van der Waals surface area contributed by atoms with Crippen LogP contribution in [-0.2, 0) is 0 Å². The highest BCUT2D eigenvalue weighted by Crippen LogP contribution is 2.35. The van der Waals surface area contributed by atoms with Gasteiger partial charge in [0, 0.05) is 29.3 Å². The van der Waals surface area contributed by atoms with Gasteiger partial charge in [0.2, 0.25) is 6.79 Å². The van der Waals surface area contributed by atoms with Crippen molar-refractivity contribution in [3.63, 3.8) is 0 Å². The quantitative estimate of drug-likeness (QED) is 0.491. The second-order valence-electron chi connectivity index (χ2n) is 5.94. The molecule has 0 fully saturated rings. The lowest BCUT2D eigenvalue weighted by Gasteiger charge is -2.07. The number of carbonyl (C=O) groups excluding carboxylic acids is 1. The minimum Gasteiger partial charge on any atom is -0.454 e. The number of amides is 1. The Morgan fingerprint density at radius 3 is 2.86 bits per heavy atom. The Balaban J connectivity index is 1.47. The van der Waals surface area contributed by atoms with Crippen LogP contribution in [0.3, 0.4) is 0 Å². The molecule has 0 saturated carbocycles. The van der Waals surface area contributed by atoms with Crippen molar-refractivity contribution < 1.29 is 19.2 Å². The van der Waals surface area contributed by atoms with Crippen LogP contribution in [0.15, 0.2) is 41.8 Å². The minimum absolute atomic E-state index is 0.0932. The molecule has 1 aliphatic rings. The number of hydrogen-bond acceptors (Lipinski definition) is 8. The van der Waals surface area contributed by atoms with Gasteiger partial charge >= 0.3 is 0 Å². The van der Waals surface area contributed by atoms with Crippen LogP contribution < -0.4 is 20.1 Å². The number of aryl methyl sites for hydroxylation is 1. The molecule has 0 aliphatic carbocycles. The Labute approximate surface area is 163 Å². The zero-order chi connectivity index (χ0) is 19.7. The van der Waals surface area contributed by atoms with E-state index in [9.17, 15) is 14.9 Å². The molecule has 3 aromatic rings. The molecule has 1 aliphatic heterocycles. The van der Waals surface area contributed by atoms with Gasteiger partial charge in [-0.2, -0.15) is 0 Å². The summed E-state index contributed by atoms with van der Waals surface area (Å²) in [5, 5.41) is 18.8. The zero-order valence-electron chi connectivity index (χ0n) is 14.6. The lowest BCUT2D eigenvalue weighted by Crippen LogP contribution is -2.13. The summed E-state index contributed by atoms with van der Waals surface area (Å²) in [5.41, 5.74) is 1.95. The van der Waals surface area contributed by atoms with Crippen molar-refractivity contribution in [1.82, 2.24) is 4.98 Å². The average Bonchev–Trinajstić information content (AvgIpc) is 3.32. The number of rotatable bonds is 5. The summed E-state index contributed by atoms with van der Waals surface area (Å²) in [6, 6.07) is 9.70. The third-order valence-electron chi connectivity index (χ3n) is 4.04. The van der Waals surface area contributed by atoms with Gasteiger partial charge < -0.3 is 20.1 Å². The molecule has 0 spiro atoms. The second-order valence-corrected chi connectivity index (χ2v) is 6.80. The van der Waals surface area contributed by atoms with Crippen molar-refractivity contribution in [3.8, 4) is 11.5 Å². The van der Waals surface area contributed by atoms with Gasteiger partial charge in [-0.1, -0.05) is 6.07 Å². The number of anilines is 3. The summed E-state index contributed by atoms with van der Waals surface area (Å²) in [6.07, 6.45) is 0. The molecule has 4 rings (SSSR count). The molecule has 0 unspecified atom stereocenters. The first-order valence-electron chi connectivity index (χ1n) is 8.18. The number of hydrogen-bond donors (Lipinski definition) is 2. The van der Waals surface area contributed by atoms with Crippen LogP contribution in [0.25, 0.3) is 0 Å². The molecule has 1 aromatic heterocycles. The summed E-state index contributed by atoms with van der Waals surface area (Å²) in [4.78, 5) is 27.2. The molecule has 0 radical (unpaired) electrons. The topological polar surface area (TPSA) is 116 Å². The smallest absolute Gasteiger partial charge is 0.275 e. The van der Waals surface area contributed by atoms with E-state index in [0.717, 1.165) is 5.69 Å². The van der Waals surface area contributed by atoms with E-state index in [1.165, 1.54) is 23.5 Å². The summed E-state index contributed by atoms with van der Waals surface area (Å²) in [7, 11) is 0. The Morgan fingerprint density at radius 1 is 1.21 bits per heavy atom. The van der Waals surface area contributed by atoms with Crippen molar-refractivity contribution in [1.29, 1.82) is 0 Å². The van der Waals surface area contributed by atoms with E-state index in [2.05, 4.69) is 15.6 Å². The average molecular weight is 398 g/mol. The molecule has 2 aromatic carbocycles. The fourth-order valence-corrected chi connectivity index (χ4v) is 3.29. The highest BCUT2D eigenvalue weighted by atomic mass is 32.1. The summed E-state index contributed by atoms with van der Waals surface area (Å²) in [6.45, 7) is 1.95. The number of ether oxygens (including phenoxy) is 2. The maximum atomic E-state index is 12.5. The molecular weight excluding hydrogens is 384 g/mol. The predicted molar refractivity (Wildman–Crippen MR) is 104 cm³/mol. The number of non-ortho nitro benzene ring substituents is 1. The Morgan fingerprint density at radius 2 is 2.04 bits per heavy atom. The lowest BCUT2D eigenvalue weighted by atomic mass is 10.2. The Bertz CT molecular complexity index is 1080. The number of nitrogens with zero attached hydrogens (tertiary/aromatic N) is 2. The number of benzene rings is 2. The van der Waals surface area contributed by atoms with Crippen LogP contribution in [-0.4, -0.2) is 22.6 Å². The van der Waals surface area contributed by atoms with E-state index in [-0.39, 0.29) is 18.2 Å². The first-order chi connectivity index (χ1) is 13.5. The van der Waals surface area contributed by atoms with Crippen molar-refractivity contribution >= 4 is 39.4 Å². The molecule has 1 amide bonds. The molecule has 10 heteroatoms. The normalized spacial score (nSPS) is 11.9. The lowest BCUT2D eigenvalue weighted by molar-refractivity contribution is -0.384. The van der Waals surface area contributed by atoms with E-state index in [4.69, 9.17) is 9.47 Å². The summed E-state index contributed by atoms with van der Waals surface area (Å²) < 4.78 is 10.6. The van der Waals surface area contributed by atoms with Gasteiger partial charge in [0.1, 0.15) is 5.69 Å². The first-order valence-corrected chi connectivity index (χ1v) is 9.06. The maximum absolute atomic E-state index is 12.5. The molecule has 142 valence electrons. The van der Waals surface area contributed by atoms with Crippen molar-refractivity contribution in [2.75, 3.05) is 17.4 Å². The molecule has 2 N–H and O–H groups in total. The van der Waals surface area contributed by atoms with Gasteiger partial charge in [0.05, 0.1) is 10.6 Å². The van der Waals surface area contributed by atoms with Crippen LogP contribution in [0.5, 0.6) is 11.5 Å². The fourth-order valence-electron chi connectivity index (χ4n) is 2.58. The zero-order valence-corrected chi connectivity index (χ0v) is 15.4. The monoisotopic (exact) mass is 398 g/mol. The van der Waals surface area contributed by atoms with E-state index in [1.54, 1.807) is 30.5 Å². The first kappa shape index (κ1) is 17.7. The molecule has 28 heavy (non-hydrogen) atoms. The van der Waals surface area contributed by atoms with E-state index in [0.29, 0.717) is 27.9 Å². The highest BCUT2D eigenvalue weighted by molar-refractivity contribution is 7.14. The van der Waals surface area contributed by atoms with Crippen LogP contribution in [0, 0.1) is 17.0 Å². The number of nitro groups is 1. The number of nitrogens with one attached hydrogen (secondary N) is 2. The molecule has 0 saturated heterocycles. The van der Waals surface area contributed by atoms with E-state index >= 15 is 0 Å². The van der Waals surface area contributed by atoms with Gasteiger partial charge in [-0.05, 0) is 24.6 Å². The van der Waals surface area contributed by atoms with E-state index in [1.807, 2.05) is 6.07 Å². The summed E-state index contributed by atoms with van der Waals surface area (Å²) >= 11 is 1.27. The van der Waals surface area contributed by atoms with Gasteiger partial charge in [-0.15, -0.1) is 11.3 Å². The van der Waals surface area contributed by atoms with Gasteiger partial charge in [-0.25, -0.2) is 4.98 Å². The third kappa shape index (κ3) is 3.58. The number of carbonyl (C=O) groups is 1. The molecule has 0 atom stereocenters. The van der Waals surface area contributed by atoms with Gasteiger partial charge in [-0.3, -0.25) is 14.9 Å². The fraction of sp³-hybridized carbons (Fsp3) is 0.111. The van der Waals surface area contributed by atoms with Crippen molar-refractivity contribution in [3.05, 3.63) is 63.1 Å². The molecule has 9 nitrogen and oxygen atoms in total. The largest absolute Gasteiger partial charge is 0.454 e. The SMILES string of the molecule is Cc1ccc([N+](=O)[O-])cc1NC(=O)c1csc(Nc2ccc3c(c2)OCO3)n1. The van der Waals surface area contributed by atoms with Gasteiger partial charge in [0.15, 0.2) is 16.6 Å². The number of aromatic nitrogens is 1. The Hall–Kier alpha value is -3.66. The standard InChI is InChI=1S/C18H14N4O5S/c1-10-2-4-12(22(24)25)7-13(10)20-17(23)14-8-28-18(21-14)19-11-3-5-15-16(6-11)27-9-26-15/h2-8H,9H2,1H3,(H,19,21)(H,20,23). The van der Waals surface area contributed by atoms with Crippen molar-refractivity contribution in [2.45, 2.75) is 6.92 Å².